The number of fused-ring (bicyclic) bond motifs is 1. The Bertz CT molecular complexity index is 969. The molecule has 1 aromatic heterocycles. The first kappa shape index (κ1) is 18.6. The summed E-state index contributed by atoms with van der Waals surface area (Å²) in [5.41, 5.74) is 0.618. The van der Waals surface area contributed by atoms with E-state index in [9.17, 15) is 14.4 Å². The smallest absolute Gasteiger partial charge is 0.326 e. The van der Waals surface area contributed by atoms with Gasteiger partial charge in [-0.25, -0.2) is 0 Å². The first-order valence-electron chi connectivity index (χ1n) is 8.34. The third kappa shape index (κ3) is 4.92. The molecule has 2 N–H and O–H groups in total. The van der Waals surface area contributed by atoms with Gasteiger partial charge in [0.05, 0.1) is 4.88 Å². The molecule has 0 spiro atoms. The highest BCUT2D eigenvalue weighted by atomic mass is 32.1. The molecule has 0 aliphatic carbocycles. The maximum absolute atomic E-state index is 12.2. The molecule has 2 amide bonds. The number of rotatable bonds is 6. The number of ether oxygens (including phenoxy) is 1. The summed E-state index contributed by atoms with van der Waals surface area (Å²) in [5.74, 6) is -1.47. The second-order valence-corrected chi connectivity index (χ2v) is 6.79. The molecular formula is C20H18N2O4S. The van der Waals surface area contributed by atoms with E-state index in [-0.39, 0.29) is 12.5 Å². The van der Waals surface area contributed by atoms with Gasteiger partial charge in [-0.1, -0.05) is 36.4 Å². The fourth-order valence-electron chi connectivity index (χ4n) is 2.45. The van der Waals surface area contributed by atoms with Crippen LogP contribution in [0.2, 0.25) is 0 Å². The Balaban J connectivity index is 1.50. The summed E-state index contributed by atoms with van der Waals surface area (Å²) in [6.45, 7) is 1.18. The second kappa shape index (κ2) is 8.46. The molecule has 0 saturated heterocycles. The summed E-state index contributed by atoms with van der Waals surface area (Å²) < 4.78 is 5.08. The van der Waals surface area contributed by atoms with E-state index in [1.54, 1.807) is 23.6 Å². The zero-order chi connectivity index (χ0) is 19.2. The van der Waals surface area contributed by atoms with Crippen LogP contribution in [0.25, 0.3) is 10.8 Å². The molecule has 2 aromatic carbocycles. The molecule has 0 aliphatic heterocycles. The van der Waals surface area contributed by atoms with E-state index >= 15 is 0 Å². The normalized spacial score (nSPS) is 11.6. The molecule has 3 aromatic rings. The summed E-state index contributed by atoms with van der Waals surface area (Å²) in [6.07, 6.45) is -0.984. The van der Waals surface area contributed by atoms with Crippen LogP contribution in [0.1, 0.15) is 16.6 Å². The molecule has 0 bridgehead atoms. The van der Waals surface area contributed by atoms with Crippen LogP contribution in [-0.2, 0) is 14.3 Å². The van der Waals surface area contributed by atoms with Crippen molar-refractivity contribution in [3.63, 3.8) is 0 Å². The Morgan fingerprint density at radius 1 is 1.04 bits per heavy atom. The number of hydrogen-bond donors (Lipinski definition) is 2. The molecule has 0 aliphatic rings. The molecule has 0 unspecified atom stereocenters. The van der Waals surface area contributed by atoms with Crippen molar-refractivity contribution in [1.29, 1.82) is 0 Å². The molecule has 1 heterocycles. The topological polar surface area (TPSA) is 84.5 Å². The minimum atomic E-state index is -0.984. The summed E-state index contributed by atoms with van der Waals surface area (Å²) in [7, 11) is 0. The lowest BCUT2D eigenvalue weighted by atomic mass is 10.1. The van der Waals surface area contributed by atoms with Gasteiger partial charge in [-0.15, -0.1) is 11.3 Å². The van der Waals surface area contributed by atoms with Gasteiger partial charge in [0.2, 0.25) is 0 Å². The Morgan fingerprint density at radius 2 is 1.81 bits per heavy atom. The van der Waals surface area contributed by atoms with E-state index in [2.05, 4.69) is 10.6 Å². The van der Waals surface area contributed by atoms with Crippen molar-refractivity contribution in [2.75, 3.05) is 11.9 Å². The van der Waals surface area contributed by atoms with Gasteiger partial charge in [-0.05, 0) is 41.3 Å². The van der Waals surface area contributed by atoms with Crippen molar-refractivity contribution in [2.45, 2.75) is 13.0 Å². The van der Waals surface area contributed by atoms with Crippen LogP contribution >= 0.6 is 11.3 Å². The first-order valence-corrected chi connectivity index (χ1v) is 9.22. The fraction of sp³-hybridized carbons (Fsp3) is 0.150. The van der Waals surface area contributed by atoms with Gasteiger partial charge in [0.15, 0.2) is 6.10 Å². The number of carbonyl (C=O) groups excluding carboxylic acids is 3. The predicted molar refractivity (Wildman–Crippen MR) is 105 cm³/mol. The van der Waals surface area contributed by atoms with E-state index in [1.807, 2.05) is 36.4 Å². The molecule has 7 heteroatoms. The highest BCUT2D eigenvalue weighted by Gasteiger charge is 2.18. The van der Waals surface area contributed by atoms with Crippen molar-refractivity contribution in [3.05, 3.63) is 64.9 Å². The Hall–Kier alpha value is -3.19. The molecule has 27 heavy (non-hydrogen) atoms. The number of benzene rings is 2. The third-order valence-electron chi connectivity index (χ3n) is 3.83. The van der Waals surface area contributed by atoms with Gasteiger partial charge in [0, 0.05) is 5.69 Å². The first-order chi connectivity index (χ1) is 13.0. The predicted octanol–water partition coefficient (Wildman–Crippen LogP) is 3.20. The van der Waals surface area contributed by atoms with Crippen LogP contribution in [0.3, 0.4) is 0 Å². The number of thiophene rings is 1. The number of nitrogens with one attached hydrogen (secondary N) is 2. The third-order valence-corrected chi connectivity index (χ3v) is 4.70. The van der Waals surface area contributed by atoms with Crippen LogP contribution in [0.5, 0.6) is 0 Å². The van der Waals surface area contributed by atoms with Crippen LogP contribution in [0.4, 0.5) is 5.69 Å². The number of esters is 1. The monoisotopic (exact) mass is 382 g/mol. The van der Waals surface area contributed by atoms with Crippen LogP contribution in [0.15, 0.2) is 60.0 Å². The lowest BCUT2D eigenvalue weighted by Crippen LogP contribution is -2.35. The maximum Gasteiger partial charge on any atom is 0.326 e. The second-order valence-electron chi connectivity index (χ2n) is 5.84. The molecular weight excluding hydrogens is 364 g/mol. The lowest BCUT2D eigenvalue weighted by Gasteiger charge is -2.14. The van der Waals surface area contributed by atoms with Crippen molar-refractivity contribution >= 4 is 45.6 Å². The van der Waals surface area contributed by atoms with E-state index in [0.717, 1.165) is 10.8 Å². The highest BCUT2D eigenvalue weighted by molar-refractivity contribution is 7.12. The van der Waals surface area contributed by atoms with Gasteiger partial charge in [0.25, 0.3) is 11.8 Å². The summed E-state index contributed by atoms with van der Waals surface area (Å²) in [5, 5.41) is 9.02. The standard InChI is InChI=1S/C20H18N2O4S/c1-13(26-18(23)12-21-20(25)17-7-4-10-27-17)19(24)22-16-9-8-14-5-2-3-6-15(14)11-16/h2-11,13H,12H2,1H3,(H,21,25)(H,22,24)/t13-/m0/s1. The Morgan fingerprint density at radius 3 is 2.56 bits per heavy atom. The highest BCUT2D eigenvalue weighted by Crippen LogP contribution is 2.19. The summed E-state index contributed by atoms with van der Waals surface area (Å²) in [4.78, 5) is 36.4. The maximum atomic E-state index is 12.2. The van der Waals surface area contributed by atoms with Crippen molar-refractivity contribution in [3.8, 4) is 0 Å². The molecule has 0 saturated carbocycles. The molecule has 138 valence electrons. The summed E-state index contributed by atoms with van der Waals surface area (Å²) in [6, 6.07) is 16.7. The average molecular weight is 382 g/mol. The van der Waals surface area contributed by atoms with Crippen LogP contribution < -0.4 is 10.6 Å². The van der Waals surface area contributed by atoms with E-state index in [4.69, 9.17) is 4.74 Å². The molecule has 1 atom stereocenters. The fourth-order valence-corrected chi connectivity index (χ4v) is 3.09. The quantitative estimate of drug-likeness (QED) is 0.641. The zero-order valence-electron chi connectivity index (χ0n) is 14.6. The van der Waals surface area contributed by atoms with Crippen molar-refractivity contribution in [2.24, 2.45) is 0 Å². The van der Waals surface area contributed by atoms with Crippen molar-refractivity contribution in [1.82, 2.24) is 5.32 Å². The molecule has 3 rings (SSSR count). The minimum Gasteiger partial charge on any atom is -0.451 e. The SMILES string of the molecule is C[C@H](OC(=O)CNC(=O)c1cccs1)C(=O)Nc1ccc2ccccc2c1. The van der Waals surface area contributed by atoms with E-state index in [0.29, 0.717) is 10.6 Å². The van der Waals surface area contributed by atoms with Gasteiger partial charge in [-0.2, -0.15) is 0 Å². The molecule has 0 fully saturated rings. The van der Waals surface area contributed by atoms with Crippen molar-refractivity contribution < 1.29 is 19.1 Å². The minimum absolute atomic E-state index is 0.301. The van der Waals surface area contributed by atoms with Gasteiger partial charge in [-0.3, -0.25) is 14.4 Å². The average Bonchev–Trinajstić information content (AvgIpc) is 3.21. The molecule has 6 nitrogen and oxygen atoms in total. The molecule has 0 radical (unpaired) electrons. The Labute approximate surface area is 160 Å². The number of amides is 2. The largest absolute Gasteiger partial charge is 0.451 e. The van der Waals surface area contributed by atoms with E-state index in [1.165, 1.54) is 18.3 Å². The van der Waals surface area contributed by atoms with Gasteiger partial charge >= 0.3 is 5.97 Å². The number of hydrogen-bond acceptors (Lipinski definition) is 5. The zero-order valence-corrected chi connectivity index (χ0v) is 15.4. The Kier molecular flexibility index (Phi) is 5.83. The number of anilines is 1. The van der Waals surface area contributed by atoms with Crippen LogP contribution in [-0.4, -0.2) is 30.4 Å². The van der Waals surface area contributed by atoms with Crippen LogP contribution in [0, 0.1) is 0 Å². The van der Waals surface area contributed by atoms with Gasteiger partial charge in [0.1, 0.15) is 6.54 Å². The summed E-state index contributed by atoms with van der Waals surface area (Å²) >= 11 is 1.28. The van der Waals surface area contributed by atoms with Gasteiger partial charge < -0.3 is 15.4 Å². The number of carbonyl (C=O) groups is 3. The van der Waals surface area contributed by atoms with E-state index < -0.39 is 18.0 Å². The lowest BCUT2D eigenvalue weighted by molar-refractivity contribution is -0.152.